The maximum absolute atomic E-state index is 5.95. The van der Waals surface area contributed by atoms with Crippen LogP contribution in [0.25, 0.3) is 11.3 Å². The van der Waals surface area contributed by atoms with Gasteiger partial charge in [0.25, 0.3) is 0 Å². The molecule has 6 nitrogen and oxygen atoms in total. The molecule has 0 atom stereocenters. The molecule has 0 amide bonds. The van der Waals surface area contributed by atoms with Crippen molar-refractivity contribution in [2.75, 3.05) is 11.9 Å². The highest BCUT2D eigenvalue weighted by atomic mass is 35.5. The van der Waals surface area contributed by atoms with E-state index in [0.717, 1.165) is 51.9 Å². The van der Waals surface area contributed by atoms with Crippen LogP contribution in [0.5, 0.6) is 0 Å². The van der Waals surface area contributed by atoms with Gasteiger partial charge in [-0.2, -0.15) is 10.2 Å². The number of aromatic amines is 2. The van der Waals surface area contributed by atoms with Crippen molar-refractivity contribution in [2.24, 2.45) is 0 Å². The number of aromatic nitrogens is 4. The van der Waals surface area contributed by atoms with E-state index in [0.29, 0.717) is 13.2 Å². The number of hydrogen-bond acceptors (Lipinski definition) is 4. The molecule has 118 valence electrons. The number of nitrogens with one attached hydrogen (secondary N) is 3. The number of anilines is 1. The van der Waals surface area contributed by atoms with Crippen molar-refractivity contribution in [1.29, 1.82) is 0 Å². The van der Waals surface area contributed by atoms with E-state index in [1.807, 2.05) is 30.5 Å². The van der Waals surface area contributed by atoms with Gasteiger partial charge in [0.2, 0.25) is 0 Å². The van der Waals surface area contributed by atoms with Crippen LogP contribution in [0.4, 0.5) is 5.82 Å². The van der Waals surface area contributed by atoms with Crippen molar-refractivity contribution in [2.45, 2.75) is 19.6 Å². The number of nitrogens with zero attached hydrogens (tertiary/aromatic N) is 2. The van der Waals surface area contributed by atoms with E-state index in [-0.39, 0.29) is 0 Å². The van der Waals surface area contributed by atoms with Gasteiger partial charge in [0.05, 0.1) is 25.1 Å². The highest BCUT2D eigenvalue weighted by Crippen LogP contribution is 2.25. The normalized spacial score (nSPS) is 13.8. The number of fused-ring (bicyclic) bond motifs is 1. The first-order valence-corrected chi connectivity index (χ1v) is 7.85. The molecule has 0 bridgehead atoms. The lowest BCUT2D eigenvalue weighted by Gasteiger charge is -2.13. The third-order valence-corrected chi connectivity index (χ3v) is 4.24. The van der Waals surface area contributed by atoms with E-state index >= 15 is 0 Å². The highest BCUT2D eigenvalue weighted by Gasteiger charge is 2.17. The van der Waals surface area contributed by atoms with Crippen molar-refractivity contribution in [3.63, 3.8) is 0 Å². The Labute approximate surface area is 138 Å². The van der Waals surface area contributed by atoms with Gasteiger partial charge in [-0.05, 0) is 17.7 Å². The lowest BCUT2D eigenvalue weighted by molar-refractivity contribution is 0.110. The number of rotatable bonds is 4. The summed E-state index contributed by atoms with van der Waals surface area (Å²) in [5.74, 6) is 0.850. The van der Waals surface area contributed by atoms with Crippen molar-refractivity contribution < 1.29 is 4.74 Å². The number of hydrogen-bond donors (Lipinski definition) is 3. The second-order valence-electron chi connectivity index (χ2n) is 5.46. The largest absolute Gasteiger partial charge is 0.376 e. The summed E-state index contributed by atoms with van der Waals surface area (Å²) in [5, 5.41) is 18.7. The molecule has 2 aromatic heterocycles. The summed E-state index contributed by atoms with van der Waals surface area (Å²) < 4.78 is 5.51. The first kappa shape index (κ1) is 14.3. The molecule has 0 radical (unpaired) electrons. The van der Waals surface area contributed by atoms with Crippen molar-refractivity contribution in [3.05, 3.63) is 52.3 Å². The van der Waals surface area contributed by atoms with E-state index in [4.69, 9.17) is 16.3 Å². The third kappa shape index (κ3) is 2.83. The molecule has 3 heterocycles. The van der Waals surface area contributed by atoms with Gasteiger partial charge in [-0.1, -0.05) is 23.7 Å². The molecule has 0 unspecified atom stereocenters. The Morgan fingerprint density at radius 3 is 2.96 bits per heavy atom. The van der Waals surface area contributed by atoms with E-state index in [1.165, 1.54) is 0 Å². The third-order valence-electron chi connectivity index (χ3n) is 3.99. The highest BCUT2D eigenvalue weighted by molar-refractivity contribution is 6.30. The average molecular weight is 330 g/mol. The molecule has 3 aromatic rings. The SMILES string of the molecule is Clc1ccc(-c2[nH]ncc2CNc2n[nH]c3c2COCC3)cc1. The minimum Gasteiger partial charge on any atom is -0.376 e. The Morgan fingerprint density at radius 1 is 1.22 bits per heavy atom. The maximum atomic E-state index is 5.95. The van der Waals surface area contributed by atoms with Crippen LogP contribution in [0.1, 0.15) is 16.8 Å². The lowest BCUT2D eigenvalue weighted by Crippen LogP contribution is -2.10. The van der Waals surface area contributed by atoms with E-state index in [2.05, 4.69) is 25.7 Å². The summed E-state index contributed by atoms with van der Waals surface area (Å²) in [6.07, 6.45) is 2.71. The number of H-pyrrole nitrogens is 2. The lowest BCUT2D eigenvalue weighted by atomic mass is 10.1. The zero-order valence-corrected chi connectivity index (χ0v) is 13.2. The van der Waals surface area contributed by atoms with Crippen LogP contribution < -0.4 is 5.32 Å². The first-order valence-electron chi connectivity index (χ1n) is 7.47. The van der Waals surface area contributed by atoms with Crippen LogP contribution in [-0.2, 0) is 24.3 Å². The van der Waals surface area contributed by atoms with Crippen LogP contribution in [0.3, 0.4) is 0 Å². The molecular weight excluding hydrogens is 314 g/mol. The molecule has 7 heteroatoms. The Bertz CT molecular complexity index is 808. The minimum atomic E-state index is 0.601. The molecule has 23 heavy (non-hydrogen) atoms. The fourth-order valence-corrected chi connectivity index (χ4v) is 2.87. The van der Waals surface area contributed by atoms with E-state index in [1.54, 1.807) is 0 Å². The standard InChI is InChI=1S/C16H16ClN5O/c17-12-3-1-10(2-4-12)15-11(8-19-21-15)7-18-16-13-9-23-6-5-14(13)20-22-16/h1-4,8H,5-7,9H2,(H,19,21)(H2,18,20,22). The number of ether oxygens (including phenoxy) is 1. The molecule has 0 saturated carbocycles. The quantitative estimate of drug-likeness (QED) is 0.687. The van der Waals surface area contributed by atoms with E-state index < -0.39 is 0 Å². The van der Waals surface area contributed by atoms with Crippen molar-refractivity contribution >= 4 is 17.4 Å². The van der Waals surface area contributed by atoms with E-state index in [9.17, 15) is 0 Å². The van der Waals surface area contributed by atoms with Crippen LogP contribution in [0.2, 0.25) is 5.02 Å². The van der Waals surface area contributed by atoms with Crippen LogP contribution in [0, 0.1) is 0 Å². The number of benzene rings is 1. The molecule has 1 aromatic carbocycles. The summed E-state index contributed by atoms with van der Waals surface area (Å²) in [6, 6.07) is 7.69. The molecule has 0 fully saturated rings. The molecular formula is C16H16ClN5O. The summed E-state index contributed by atoms with van der Waals surface area (Å²) in [5.41, 5.74) is 5.38. The molecule has 0 saturated heterocycles. The Kier molecular flexibility index (Phi) is 3.77. The first-order chi connectivity index (χ1) is 11.3. The van der Waals surface area contributed by atoms with Crippen LogP contribution in [0.15, 0.2) is 30.5 Å². The second-order valence-corrected chi connectivity index (χ2v) is 5.90. The monoisotopic (exact) mass is 329 g/mol. The molecule has 4 rings (SSSR count). The molecule has 1 aliphatic rings. The predicted octanol–water partition coefficient (Wildman–Crippen LogP) is 3.14. The summed E-state index contributed by atoms with van der Waals surface area (Å²) in [7, 11) is 0. The molecule has 1 aliphatic heterocycles. The smallest absolute Gasteiger partial charge is 0.153 e. The predicted molar refractivity (Wildman–Crippen MR) is 88.3 cm³/mol. The fourth-order valence-electron chi connectivity index (χ4n) is 2.75. The van der Waals surface area contributed by atoms with Crippen molar-refractivity contribution in [3.8, 4) is 11.3 Å². The second kappa shape index (κ2) is 6.06. The zero-order valence-electron chi connectivity index (χ0n) is 12.4. The Hall–Kier alpha value is -2.31. The zero-order chi connectivity index (χ0) is 15.6. The average Bonchev–Trinajstić information content (AvgIpc) is 3.20. The molecule has 3 N–H and O–H groups in total. The van der Waals surface area contributed by atoms with Gasteiger partial charge in [-0.3, -0.25) is 10.2 Å². The van der Waals surface area contributed by atoms with Gasteiger partial charge in [0.15, 0.2) is 5.82 Å². The van der Waals surface area contributed by atoms with Gasteiger partial charge in [0, 0.05) is 34.8 Å². The molecule has 0 spiro atoms. The van der Waals surface area contributed by atoms with Gasteiger partial charge < -0.3 is 10.1 Å². The van der Waals surface area contributed by atoms with Crippen LogP contribution >= 0.6 is 11.6 Å². The summed E-state index contributed by atoms with van der Waals surface area (Å²) >= 11 is 5.95. The molecule has 0 aliphatic carbocycles. The summed E-state index contributed by atoms with van der Waals surface area (Å²) in [6.45, 7) is 1.98. The topological polar surface area (TPSA) is 78.6 Å². The summed E-state index contributed by atoms with van der Waals surface area (Å²) in [4.78, 5) is 0. The van der Waals surface area contributed by atoms with Crippen molar-refractivity contribution in [1.82, 2.24) is 20.4 Å². The van der Waals surface area contributed by atoms with Gasteiger partial charge in [0.1, 0.15) is 0 Å². The van der Waals surface area contributed by atoms with Gasteiger partial charge in [-0.15, -0.1) is 0 Å². The van der Waals surface area contributed by atoms with Gasteiger partial charge in [-0.25, -0.2) is 0 Å². The van der Waals surface area contributed by atoms with Crippen LogP contribution in [-0.4, -0.2) is 27.0 Å². The minimum absolute atomic E-state index is 0.601. The Morgan fingerprint density at radius 2 is 2.09 bits per heavy atom. The fraction of sp³-hybridized carbons (Fsp3) is 0.250. The maximum Gasteiger partial charge on any atom is 0.153 e. The van der Waals surface area contributed by atoms with Gasteiger partial charge >= 0.3 is 0 Å². The Balaban J connectivity index is 1.53. The number of halogens is 1.